The number of carbonyl (C=O) groups is 1. The summed E-state index contributed by atoms with van der Waals surface area (Å²) in [5.41, 5.74) is 11.2. The van der Waals surface area contributed by atoms with E-state index in [2.05, 4.69) is 37.4 Å². The van der Waals surface area contributed by atoms with Crippen LogP contribution in [0.25, 0.3) is 11.1 Å². The molecular formula is C22H22N6OS. The van der Waals surface area contributed by atoms with E-state index in [0.29, 0.717) is 24.2 Å². The number of nitrogens with zero attached hydrogens (tertiary/aromatic N) is 4. The first-order chi connectivity index (χ1) is 14.7. The molecule has 3 N–H and O–H groups in total. The molecule has 0 aliphatic carbocycles. The Morgan fingerprint density at radius 2 is 2.10 bits per heavy atom. The third-order valence-electron chi connectivity index (χ3n) is 4.73. The maximum atomic E-state index is 12.4. The van der Waals surface area contributed by atoms with E-state index in [-0.39, 0.29) is 5.91 Å². The fourth-order valence-corrected chi connectivity index (χ4v) is 3.78. The number of aromatic nitrogens is 4. The minimum absolute atomic E-state index is 0.113. The van der Waals surface area contributed by atoms with Crippen molar-refractivity contribution in [2.45, 2.75) is 25.8 Å². The van der Waals surface area contributed by atoms with Crippen LogP contribution in [0.5, 0.6) is 0 Å². The van der Waals surface area contributed by atoms with Gasteiger partial charge < -0.3 is 11.1 Å². The molecule has 0 atom stereocenters. The fraction of sp³-hybridized carbons (Fsp3) is 0.182. The Hall–Kier alpha value is -3.52. The Balaban J connectivity index is 1.32. The number of anilines is 2. The smallest absolute Gasteiger partial charge is 0.224 e. The van der Waals surface area contributed by atoms with E-state index in [1.165, 1.54) is 5.56 Å². The van der Waals surface area contributed by atoms with E-state index in [4.69, 9.17) is 5.73 Å². The Kier molecular flexibility index (Phi) is 6.14. The number of hydrogen-bond donors (Lipinski definition) is 2. The summed E-state index contributed by atoms with van der Waals surface area (Å²) in [5, 5.41) is 15.4. The van der Waals surface area contributed by atoms with Crippen LogP contribution in [0.15, 0.2) is 65.7 Å². The quantitative estimate of drug-likeness (QED) is 0.424. The Labute approximate surface area is 178 Å². The average Bonchev–Trinajstić information content (AvgIpc) is 3.45. The molecule has 4 aromatic rings. The van der Waals surface area contributed by atoms with Gasteiger partial charge in [0, 0.05) is 43.5 Å². The van der Waals surface area contributed by atoms with Crippen LogP contribution in [0, 0.1) is 0 Å². The van der Waals surface area contributed by atoms with Gasteiger partial charge in [0.1, 0.15) is 0 Å². The second-order valence-electron chi connectivity index (χ2n) is 6.95. The maximum absolute atomic E-state index is 12.4. The van der Waals surface area contributed by atoms with Crippen molar-refractivity contribution < 1.29 is 4.79 Å². The van der Waals surface area contributed by atoms with Crippen LogP contribution in [-0.4, -0.2) is 25.9 Å². The van der Waals surface area contributed by atoms with Gasteiger partial charge >= 0.3 is 0 Å². The van der Waals surface area contributed by atoms with Crippen molar-refractivity contribution in [1.82, 2.24) is 20.0 Å². The molecule has 8 heteroatoms. The van der Waals surface area contributed by atoms with Crippen molar-refractivity contribution in [2.75, 3.05) is 11.1 Å². The molecule has 0 spiro atoms. The zero-order chi connectivity index (χ0) is 20.8. The largest absolute Gasteiger partial charge is 0.397 e. The molecule has 152 valence electrons. The Morgan fingerprint density at radius 3 is 2.90 bits per heavy atom. The minimum Gasteiger partial charge on any atom is -0.397 e. The molecular weight excluding hydrogens is 396 g/mol. The highest BCUT2D eigenvalue weighted by molar-refractivity contribution is 7.07. The zero-order valence-electron chi connectivity index (χ0n) is 16.4. The van der Waals surface area contributed by atoms with Crippen LogP contribution in [-0.2, 0) is 24.2 Å². The molecule has 0 saturated carbocycles. The highest BCUT2D eigenvalue weighted by Gasteiger charge is 2.10. The number of hydrogen-bond acceptors (Lipinski definition) is 6. The highest BCUT2D eigenvalue weighted by atomic mass is 32.1. The lowest BCUT2D eigenvalue weighted by molar-refractivity contribution is -0.116. The van der Waals surface area contributed by atoms with Gasteiger partial charge in [-0.3, -0.25) is 14.5 Å². The number of nitrogens with two attached hydrogens (primary N) is 1. The predicted octanol–water partition coefficient (Wildman–Crippen LogP) is 3.80. The lowest BCUT2D eigenvalue weighted by Gasteiger charge is -2.10. The predicted molar refractivity (Wildman–Crippen MR) is 119 cm³/mol. The van der Waals surface area contributed by atoms with Crippen molar-refractivity contribution in [3.8, 4) is 11.1 Å². The summed E-state index contributed by atoms with van der Waals surface area (Å²) >= 11 is 1.69. The monoisotopic (exact) mass is 418 g/mol. The molecule has 3 heterocycles. The lowest BCUT2D eigenvalue weighted by Crippen LogP contribution is -2.13. The van der Waals surface area contributed by atoms with Crippen LogP contribution in [0.3, 0.4) is 0 Å². The number of amides is 1. The molecule has 30 heavy (non-hydrogen) atoms. The number of rotatable bonds is 8. The number of benzene rings is 1. The summed E-state index contributed by atoms with van der Waals surface area (Å²) in [6.07, 6.45) is 7.14. The zero-order valence-corrected chi connectivity index (χ0v) is 17.2. The first-order valence-corrected chi connectivity index (χ1v) is 10.6. The summed E-state index contributed by atoms with van der Waals surface area (Å²) in [6.45, 7) is 0.771. The highest BCUT2D eigenvalue weighted by Crippen LogP contribution is 2.27. The molecule has 0 bridgehead atoms. The van der Waals surface area contributed by atoms with Crippen molar-refractivity contribution in [2.24, 2.45) is 0 Å². The number of aryl methyl sites for hydroxylation is 3. The van der Waals surface area contributed by atoms with Crippen molar-refractivity contribution in [3.05, 3.63) is 77.0 Å². The Bertz CT molecular complexity index is 1110. The molecule has 0 aliphatic rings. The molecule has 0 radical (unpaired) electrons. The molecule has 0 fully saturated rings. The number of nitrogen functional groups attached to an aromatic ring is 1. The van der Waals surface area contributed by atoms with E-state index in [9.17, 15) is 4.79 Å². The van der Waals surface area contributed by atoms with Gasteiger partial charge in [-0.25, -0.2) is 0 Å². The minimum atomic E-state index is -0.113. The van der Waals surface area contributed by atoms with Gasteiger partial charge in [0.15, 0.2) is 0 Å². The summed E-state index contributed by atoms with van der Waals surface area (Å²) in [4.78, 5) is 16.6. The van der Waals surface area contributed by atoms with Crippen molar-refractivity contribution >= 4 is 28.6 Å². The normalized spacial score (nSPS) is 10.8. The third kappa shape index (κ3) is 5.09. The van der Waals surface area contributed by atoms with Crippen LogP contribution in [0.2, 0.25) is 0 Å². The van der Waals surface area contributed by atoms with Crippen LogP contribution >= 0.6 is 11.3 Å². The number of pyridine rings is 1. The summed E-state index contributed by atoms with van der Waals surface area (Å²) in [5.74, 6) is -0.113. The fourth-order valence-electron chi connectivity index (χ4n) is 3.07. The third-order valence-corrected chi connectivity index (χ3v) is 5.46. The first-order valence-electron chi connectivity index (χ1n) is 9.67. The molecule has 4 rings (SSSR count). The Morgan fingerprint density at radius 1 is 1.17 bits per heavy atom. The van der Waals surface area contributed by atoms with E-state index in [0.717, 1.165) is 29.8 Å². The summed E-state index contributed by atoms with van der Waals surface area (Å²) in [6, 6.07) is 11.5. The molecule has 1 amide bonds. The van der Waals surface area contributed by atoms with Crippen molar-refractivity contribution in [1.29, 1.82) is 0 Å². The average molecular weight is 419 g/mol. The van der Waals surface area contributed by atoms with Crippen molar-refractivity contribution in [3.63, 3.8) is 0 Å². The maximum Gasteiger partial charge on any atom is 0.224 e. The number of carbonyl (C=O) groups excluding carboxylic acids is 1. The topological polar surface area (TPSA) is 98.7 Å². The standard InChI is InChI=1S/C22H22N6OS/c23-20-5-3-17(18-2-1-9-24-13-18)12-21(20)25-22(29)6-4-19-14-28(27-26-19)10-7-16-8-11-30-15-16/h1-3,5,8-9,11-15H,4,6-7,10,23H2,(H,25,29). The van der Waals surface area contributed by atoms with Gasteiger partial charge in [-0.15, -0.1) is 5.10 Å². The second kappa shape index (κ2) is 9.32. The van der Waals surface area contributed by atoms with E-state index < -0.39 is 0 Å². The first kappa shape index (κ1) is 19.8. The molecule has 1 aromatic carbocycles. The second-order valence-corrected chi connectivity index (χ2v) is 7.73. The van der Waals surface area contributed by atoms with Gasteiger partial charge in [0.2, 0.25) is 5.91 Å². The van der Waals surface area contributed by atoms with Gasteiger partial charge in [0.05, 0.1) is 17.1 Å². The molecule has 0 unspecified atom stereocenters. The van der Waals surface area contributed by atoms with Crippen LogP contribution in [0.1, 0.15) is 17.7 Å². The van der Waals surface area contributed by atoms with Gasteiger partial charge in [-0.05, 0) is 52.6 Å². The molecule has 7 nitrogen and oxygen atoms in total. The van der Waals surface area contributed by atoms with E-state index in [1.54, 1.807) is 29.8 Å². The summed E-state index contributed by atoms with van der Waals surface area (Å²) < 4.78 is 1.82. The van der Waals surface area contributed by atoms with Gasteiger partial charge in [-0.2, -0.15) is 11.3 Å². The molecule has 3 aromatic heterocycles. The summed E-state index contributed by atoms with van der Waals surface area (Å²) in [7, 11) is 0. The SMILES string of the molecule is Nc1ccc(-c2cccnc2)cc1NC(=O)CCc1cn(CCc2ccsc2)nn1. The lowest BCUT2D eigenvalue weighted by atomic mass is 10.1. The molecule has 0 aliphatic heterocycles. The molecule has 0 saturated heterocycles. The van der Waals surface area contributed by atoms with Gasteiger partial charge in [0.25, 0.3) is 0 Å². The van der Waals surface area contributed by atoms with E-state index in [1.807, 2.05) is 35.1 Å². The van der Waals surface area contributed by atoms with E-state index >= 15 is 0 Å². The number of thiophene rings is 1. The van der Waals surface area contributed by atoms with Crippen LogP contribution in [0.4, 0.5) is 11.4 Å². The van der Waals surface area contributed by atoms with Crippen LogP contribution < -0.4 is 11.1 Å². The van der Waals surface area contributed by atoms with Gasteiger partial charge in [-0.1, -0.05) is 17.3 Å². The number of nitrogens with one attached hydrogen (secondary N) is 1.